The molecule has 18 heteroatoms. The molecule has 0 saturated carbocycles. The zero-order valence-corrected chi connectivity index (χ0v) is 30.1. The molecular formula is C36H31F8N5O3S2. The van der Waals surface area contributed by atoms with Crippen LogP contribution in [-0.2, 0) is 28.7 Å². The fourth-order valence-electron chi connectivity index (χ4n) is 6.16. The first kappa shape index (κ1) is 39.2. The average Bonchev–Trinajstić information content (AvgIpc) is 3.08. The van der Waals surface area contributed by atoms with Crippen molar-refractivity contribution in [2.45, 2.75) is 41.9 Å². The Balaban J connectivity index is 1.48. The minimum Gasteiger partial charge on any atom is -0.324 e. The van der Waals surface area contributed by atoms with Crippen LogP contribution in [-0.4, -0.2) is 65.4 Å². The zero-order chi connectivity index (χ0) is 39.2. The minimum absolute atomic E-state index is 0.0381. The Morgan fingerprint density at radius 2 is 1.57 bits per heavy atom. The molecule has 0 radical (unpaired) electrons. The summed E-state index contributed by atoms with van der Waals surface area (Å²) in [6.45, 7) is 1.37. The Hall–Kier alpha value is -4.55. The molecule has 0 aliphatic carbocycles. The Labute approximate surface area is 308 Å². The Morgan fingerprint density at radius 1 is 0.889 bits per heavy atom. The lowest BCUT2D eigenvalue weighted by Gasteiger charge is -2.29. The first-order valence-electron chi connectivity index (χ1n) is 16.2. The maximum Gasteiger partial charge on any atom is 0.417 e. The highest BCUT2D eigenvalue weighted by atomic mass is 32.2. The number of aromatic nitrogens is 3. The number of pyridine rings is 1. The van der Waals surface area contributed by atoms with E-state index in [1.165, 1.54) is 12.3 Å². The van der Waals surface area contributed by atoms with Crippen LogP contribution >= 0.6 is 11.8 Å². The monoisotopic (exact) mass is 797 g/mol. The third-order valence-electron chi connectivity index (χ3n) is 8.68. The van der Waals surface area contributed by atoms with Gasteiger partial charge in [0.2, 0.25) is 5.95 Å². The van der Waals surface area contributed by atoms with Gasteiger partial charge in [-0.25, -0.2) is 22.2 Å². The van der Waals surface area contributed by atoms with Crippen LogP contribution in [0.3, 0.4) is 0 Å². The van der Waals surface area contributed by atoms with Gasteiger partial charge in [0.25, 0.3) is 11.5 Å². The molecule has 1 aliphatic heterocycles. The van der Waals surface area contributed by atoms with E-state index in [-0.39, 0.29) is 28.3 Å². The Bertz CT molecular complexity index is 2360. The summed E-state index contributed by atoms with van der Waals surface area (Å²) in [4.78, 5) is 24.0. The summed E-state index contributed by atoms with van der Waals surface area (Å²) in [7, 11) is -2.88. The normalized spacial score (nSPS) is 16.1. The van der Waals surface area contributed by atoms with E-state index < -0.39 is 78.7 Å². The van der Waals surface area contributed by atoms with E-state index in [1.807, 2.05) is 30.9 Å². The molecule has 3 heterocycles. The topological polar surface area (TPSA) is 97.2 Å². The molecular weight excluding hydrogens is 767 g/mol. The van der Waals surface area contributed by atoms with Crippen molar-refractivity contribution >= 4 is 44.3 Å². The largest absolute Gasteiger partial charge is 0.417 e. The smallest absolute Gasteiger partial charge is 0.324 e. The number of fused-ring (bicyclic) bond motifs is 1. The van der Waals surface area contributed by atoms with Gasteiger partial charge in [0.1, 0.15) is 11.4 Å². The van der Waals surface area contributed by atoms with Crippen molar-refractivity contribution in [1.82, 2.24) is 19.4 Å². The highest BCUT2D eigenvalue weighted by molar-refractivity contribution is 7.99. The van der Waals surface area contributed by atoms with Gasteiger partial charge in [0, 0.05) is 53.8 Å². The van der Waals surface area contributed by atoms with Crippen molar-refractivity contribution in [3.05, 3.63) is 112 Å². The van der Waals surface area contributed by atoms with Crippen LogP contribution in [0.15, 0.2) is 88.7 Å². The summed E-state index contributed by atoms with van der Waals surface area (Å²) >= 11 is 1.84. The van der Waals surface area contributed by atoms with Crippen molar-refractivity contribution < 1.29 is 43.5 Å². The number of likely N-dealkylation sites (N-methyl/N-ethyl adjacent to an activating group) is 1. The molecule has 0 spiro atoms. The summed E-state index contributed by atoms with van der Waals surface area (Å²) in [5.41, 5.74) is -4.39. The fourth-order valence-corrected chi connectivity index (χ4v) is 8.97. The maximum absolute atomic E-state index is 14.5. The van der Waals surface area contributed by atoms with Gasteiger partial charge in [0.15, 0.2) is 9.84 Å². The van der Waals surface area contributed by atoms with E-state index >= 15 is 0 Å². The van der Waals surface area contributed by atoms with E-state index in [9.17, 15) is 48.3 Å². The van der Waals surface area contributed by atoms with Gasteiger partial charge in [-0.1, -0.05) is 36.4 Å². The van der Waals surface area contributed by atoms with Gasteiger partial charge in [-0.3, -0.25) is 9.36 Å². The lowest BCUT2D eigenvalue weighted by atomic mass is 9.99. The third-order valence-corrected chi connectivity index (χ3v) is 11.8. The number of sulfone groups is 1. The number of nitrogens with zero attached hydrogens (tertiary/aromatic N) is 4. The molecule has 1 N–H and O–H groups in total. The minimum atomic E-state index is -5.30. The van der Waals surface area contributed by atoms with E-state index in [0.29, 0.717) is 24.7 Å². The van der Waals surface area contributed by atoms with Crippen molar-refractivity contribution in [3.8, 4) is 11.1 Å². The number of anilines is 2. The van der Waals surface area contributed by atoms with Gasteiger partial charge >= 0.3 is 12.4 Å². The summed E-state index contributed by atoms with van der Waals surface area (Å²) in [5.74, 6) is -4.62. The van der Waals surface area contributed by atoms with Crippen LogP contribution < -0.4 is 10.9 Å². The SMILES string of the molecule is CN1CCSC(c2ccc(Nc3ncc4cc(-c5ccc(S(=O)(=O)CC(C)(F)F)cc5C(F)(F)F)c(=O)n(Cc5ccccc5C(F)(F)F)c4n3)cc2)C1. The summed E-state index contributed by atoms with van der Waals surface area (Å²) in [6, 6.07) is 14.3. The molecule has 0 bridgehead atoms. The number of hydrogen-bond acceptors (Lipinski definition) is 8. The second kappa shape index (κ2) is 14.6. The first-order valence-corrected chi connectivity index (χ1v) is 18.9. The molecule has 3 aromatic carbocycles. The average molecular weight is 798 g/mol. The standard InChI is InChI=1S/C36H31F8N5O3S2/c1-34(37,38)20-54(51,52)25-11-12-26(29(16-25)36(42,43)44)27-15-23-17-45-33(46-24-9-7-21(8-10-24)30-19-48(2)13-14-53-30)47-31(23)49(32(27)50)18-22-5-3-4-6-28(22)35(39,40)41/h3-12,15-17,30H,13-14,18-20H2,1-2H3,(H,45,46,47). The lowest BCUT2D eigenvalue weighted by Crippen LogP contribution is -2.30. The first-order chi connectivity index (χ1) is 25.2. The quantitative estimate of drug-likeness (QED) is 0.149. The number of hydrogen-bond donors (Lipinski definition) is 1. The van der Waals surface area contributed by atoms with Crippen LogP contribution in [0.1, 0.15) is 34.4 Å². The Kier molecular flexibility index (Phi) is 10.6. The molecule has 5 aromatic rings. The molecule has 1 aliphatic rings. The number of nitrogens with one attached hydrogen (secondary N) is 1. The summed E-state index contributed by atoms with van der Waals surface area (Å²) < 4.78 is 139. The molecule has 1 fully saturated rings. The van der Waals surface area contributed by atoms with Gasteiger partial charge in [0.05, 0.1) is 22.6 Å². The number of halogens is 8. The lowest BCUT2D eigenvalue weighted by molar-refractivity contribution is -0.138. The molecule has 54 heavy (non-hydrogen) atoms. The predicted octanol–water partition coefficient (Wildman–Crippen LogP) is 8.44. The molecule has 2 aromatic heterocycles. The van der Waals surface area contributed by atoms with Crippen molar-refractivity contribution in [3.63, 3.8) is 0 Å². The number of rotatable bonds is 9. The number of benzene rings is 3. The van der Waals surface area contributed by atoms with Gasteiger partial charge in [-0.15, -0.1) is 0 Å². The van der Waals surface area contributed by atoms with Gasteiger partial charge in [-0.2, -0.15) is 43.1 Å². The maximum atomic E-state index is 14.5. The molecule has 286 valence electrons. The predicted molar refractivity (Wildman–Crippen MR) is 190 cm³/mol. The molecule has 0 amide bonds. The summed E-state index contributed by atoms with van der Waals surface area (Å²) in [5, 5.41) is 3.22. The number of alkyl halides is 8. The third kappa shape index (κ3) is 8.70. The molecule has 1 unspecified atom stereocenters. The molecule has 6 rings (SSSR count). The molecule has 8 nitrogen and oxygen atoms in total. The highest BCUT2D eigenvalue weighted by Crippen LogP contribution is 2.39. The van der Waals surface area contributed by atoms with Crippen molar-refractivity contribution in [2.24, 2.45) is 0 Å². The van der Waals surface area contributed by atoms with Crippen LogP contribution in [0.4, 0.5) is 46.8 Å². The van der Waals surface area contributed by atoms with Crippen molar-refractivity contribution in [1.29, 1.82) is 0 Å². The van der Waals surface area contributed by atoms with Crippen LogP contribution in [0, 0.1) is 0 Å². The van der Waals surface area contributed by atoms with Gasteiger partial charge < -0.3 is 10.2 Å². The van der Waals surface area contributed by atoms with Gasteiger partial charge in [-0.05, 0) is 60.1 Å². The second-order valence-corrected chi connectivity index (χ2v) is 16.3. The van der Waals surface area contributed by atoms with Crippen LogP contribution in [0.25, 0.3) is 22.2 Å². The molecule has 1 atom stereocenters. The molecule has 1 saturated heterocycles. The van der Waals surface area contributed by atoms with Crippen LogP contribution in [0.2, 0.25) is 0 Å². The van der Waals surface area contributed by atoms with E-state index in [0.717, 1.165) is 53.2 Å². The number of thioether (sulfide) groups is 1. The highest BCUT2D eigenvalue weighted by Gasteiger charge is 2.38. The van der Waals surface area contributed by atoms with E-state index in [1.54, 1.807) is 12.1 Å². The van der Waals surface area contributed by atoms with E-state index in [4.69, 9.17) is 0 Å². The second-order valence-electron chi connectivity index (χ2n) is 13.0. The zero-order valence-electron chi connectivity index (χ0n) is 28.5. The summed E-state index contributed by atoms with van der Waals surface area (Å²) in [6.07, 6.45) is -8.97. The fraction of sp³-hybridized carbons (Fsp3) is 0.306. The van der Waals surface area contributed by atoms with Crippen LogP contribution in [0.5, 0.6) is 0 Å². The van der Waals surface area contributed by atoms with Crippen molar-refractivity contribution in [2.75, 3.05) is 37.0 Å². The van der Waals surface area contributed by atoms with E-state index in [2.05, 4.69) is 20.2 Å². The Morgan fingerprint density at radius 3 is 2.22 bits per heavy atom.